The monoisotopic (exact) mass is 344 g/mol. The third-order valence-corrected chi connectivity index (χ3v) is 5.64. The van der Waals surface area contributed by atoms with Crippen molar-refractivity contribution in [1.29, 1.82) is 0 Å². The summed E-state index contributed by atoms with van der Waals surface area (Å²) in [6.07, 6.45) is 12.0. The van der Waals surface area contributed by atoms with Crippen molar-refractivity contribution in [3.8, 4) is 0 Å². The molecule has 25 heavy (non-hydrogen) atoms. The average Bonchev–Trinajstić information content (AvgIpc) is 3.38. The first-order valence-corrected chi connectivity index (χ1v) is 9.93. The topological polar surface area (TPSA) is 76.0 Å². The van der Waals surface area contributed by atoms with Crippen LogP contribution in [-0.4, -0.2) is 33.4 Å². The first kappa shape index (κ1) is 16.6. The van der Waals surface area contributed by atoms with Gasteiger partial charge in [-0.3, -0.25) is 9.59 Å². The summed E-state index contributed by atoms with van der Waals surface area (Å²) in [6.45, 7) is 0.784. The molecule has 2 N–H and O–H groups in total. The van der Waals surface area contributed by atoms with E-state index in [9.17, 15) is 9.59 Å². The molecule has 0 radical (unpaired) electrons. The van der Waals surface area contributed by atoms with Crippen molar-refractivity contribution in [2.75, 3.05) is 0 Å². The zero-order valence-electron chi connectivity index (χ0n) is 14.9. The summed E-state index contributed by atoms with van der Waals surface area (Å²) in [6, 6.07) is 0.548. The summed E-state index contributed by atoms with van der Waals surface area (Å²) in [5, 5.41) is 6.19. The largest absolute Gasteiger partial charge is 0.348 e. The molecule has 3 aliphatic rings. The molecular formula is C19H28N4O2. The van der Waals surface area contributed by atoms with E-state index >= 15 is 0 Å². The Morgan fingerprint density at radius 2 is 1.52 bits per heavy atom. The fraction of sp³-hybridized carbons (Fsp3) is 0.737. The van der Waals surface area contributed by atoms with Gasteiger partial charge in [-0.25, -0.2) is 4.98 Å². The molecule has 0 atom stereocenters. The number of hydrogen-bond acceptors (Lipinski definition) is 3. The highest BCUT2D eigenvalue weighted by molar-refractivity contribution is 5.97. The summed E-state index contributed by atoms with van der Waals surface area (Å²) in [5.74, 6) is 0.210. The standard InChI is InChI=1S/C19H28N4O2/c24-18(20-14-10-11-14)16-15-9-5-6-12-23(15)17(22-16)19(25)21-13-7-3-1-2-4-8-13/h13-14H,1-12H2,(H,20,24)(H,21,25). The molecule has 2 fully saturated rings. The number of amides is 2. The molecule has 0 aromatic carbocycles. The minimum absolute atomic E-state index is 0.110. The van der Waals surface area contributed by atoms with Crippen LogP contribution >= 0.6 is 0 Å². The number of nitrogens with one attached hydrogen (secondary N) is 2. The maximum absolute atomic E-state index is 12.8. The molecule has 0 bridgehead atoms. The number of fused-ring (bicyclic) bond motifs is 1. The summed E-state index contributed by atoms with van der Waals surface area (Å²) in [4.78, 5) is 29.9. The Hall–Kier alpha value is -1.85. The molecule has 1 aromatic rings. The van der Waals surface area contributed by atoms with Gasteiger partial charge < -0.3 is 15.2 Å². The Kier molecular flexibility index (Phi) is 4.77. The van der Waals surface area contributed by atoms with Gasteiger partial charge in [0.15, 0.2) is 5.82 Å². The molecule has 1 aromatic heterocycles. The van der Waals surface area contributed by atoms with E-state index in [2.05, 4.69) is 15.6 Å². The quantitative estimate of drug-likeness (QED) is 0.824. The first-order chi connectivity index (χ1) is 12.2. The average molecular weight is 344 g/mol. The van der Waals surface area contributed by atoms with Gasteiger partial charge in [0, 0.05) is 18.6 Å². The van der Waals surface area contributed by atoms with Crippen LogP contribution in [0.1, 0.15) is 91.0 Å². The van der Waals surface area contributed by atoms with E-state index in [1.165, 1.54) is 25.7 Å². The molecular weight excluding hydrogens is 316 g/mol. The maximum atomic E-state index is 12.8. The van der Waals surface area contributed by atoms with Gasteiger partial charge in [0.2, 0.25) is 0 Å². The van der Waals surface area contributed by atoms with E-state index < -0.39 is 0 Å². The number of hydrogen-bond donors (Lipinski definition) is 2. The van der Waals surface area contributed by atoms with E-state index in [-0.39, 0.29) is 17.9 Å². The van der Waals surface area contributed by atoms with Crippen molar-refractivity contribution in [3.63, 3.8) is 0 Å². The number of carbonyl (C=O) groups is 2. The highest BCUT2D eigenvalue weighted by Gasteiger charge is 2.31. The van der Waals surface area contributed by atoms with E-state index in [0.29, 0.717) is 17.6 Å². The smallest absolute Gasteiger partial charge is 0.287 e. The Bertz CT molecular complexity index is 655. The fourth-order valence-corrected chi connectivity index (χ4v) is 4.05. The summed E-state index contributed by atoms with van der Waals surface area (Å²) in [7, 11) is 0. The summed E-state index contributed by atoms with van der Waals surface area (Å²) >= 11 is 0. The lowest BCUT2D eigenvalue weighted by Gasteiger charge is -2.19. The van der Waals surface area contributed by atoms with Crippen LogP contribution in [0.4, 0.5) is 0 Å². The lowest BCUT2D eigenvalue weighted by molar-refractivity contribution is 0.0917. The normalized spacial score (nSPS) is 21.3. The molecule has 0 spiro atoms. The van der Waals surface area contributed by atoms with Crippen molar-refractivity contribution < 1.29 is 9.59 Å². The van der Waals surface area contributed by atoms with Gasteiger partial charge in [0.05, 0.1) is 5.69 Å². The van der Waals surface area contributed by atoms with Gasteiger partial charge in [0.25, 0.3) is 11.8 Å². The number of nitrogens with zero attached hydrogens (tertiary/aromatic N) is 2. The van der Waals surface area contributed by atoms with E-state index in [0.717, 1.165) is 57.2 Å². The second-order valence-electron chi connectivity index (χ2n) is 7.75. The van der Waals surface area contributed by atoms with Crippen LogP contribution in [0.25, 0.3) is 0 Å². The number of aromatic nitrogens is 2. The van der Waals surface area contributed by atoms with Crippen molar-refractivity contribution in [2.45, 2.75) is 89.3 Å². The molecule has 2 saturated carbocycles. The highest BCUT2D eigenvalue weighted by Crippen LogP contribution is 2.24. The second kappa shape index (κ2) is 7.18. The van der Waals surface area contributed by atoms with Crippen LogP contribution in [-0.2, 0) is 13.0 Å². The Labute approximate surface area is 148 Å². The van der Waals surface area contributed by atoms with Crippen LogP contribution in [0.3, 0.4) is 0 Å². The second-order valence-corrected chi connectivity index (χ2v) is 7.75. The van der Waals surface area contributed by atoms with E-state index in [1.807, 2.05) is 4.57 Å². The Morgan fingerprint density at radius 3 is 2.24 bits per heavy atom. The number of carbonyl (C=O) groups excluding carboxylic acids is 2. The molecule has 6 heteroatoms. The van der Waals surface area contributed by atoms with Crippen LogP contribution in [0, 0.1) is 0 Å². The zero-order chi connectivity index (χ0) is 17.2. The van der Waals surface area contributed by atoms with Gasteiger partial charge in [-0.05, 0) is 44.9 Å². The Morgan fingerprint density at radius 1 is 0.840 bits per heavy atom. The van der Waals surface area contributed by atoms with Crippen molar-refractivity contribution in [3.05, 3.63) is 17.2 Å². The predicted molar refractivity (Wildman–Crippen MR) is 94.6 cm³/mol. The summed E-state index contributed by atoms with van der Waals surface area (Å²) in [5.41, 5.74) is 1.41. The molecule has 0 unspecified atom stereocenters. The van der Waals surface area contributed by atoms with Crippen LogP contribution in [0.2, 0.25) is 0 Å². The molecule has 0 saturated heterocycles. The first-order valence-electron chi connectivity index (χ1n) is 9.93. The molecule has 2 amide bonds. The van der Waals surface area contributed by atoms with Crippen LogP contribution in [0.5, 0.6) is 0 Å². The SMILES string of the molecule is O=C(NC1CC1)c1nc(C(=O)NC2CCCCCC2)n2c1CCCC2. The zero-order valence-corrected chi connectivity index (χ0v) is 14.9. The van der Waals surface area contributed by atoms with Gasteiger partial charge in [-0.1, -0.05) is 25.7 Å². The third kappa shape index (κ3) is 3.72. The van der Waals surface area contributed by atoms with Gasteiger partial charge >= 0.3 is 0 Å². The lowest BCUT2D eigenvalue weighted by Crippen LogP contribution is -2.36. The lowest BCUT2D eigenvalue weighted by atomic mass is 10.1. The summed E-state index contributed by atoms with van der Waals surface area (Å²) < 4.78 is 1.98. The molecule has 2 heterocycles. The van der Waals surface area contributed by atoms with Crippen LogP contribution < -0.4 is 10.6 Å². The number of imidazole rings is 1. The number of rotatable bonds is 4. The van der Waals surface area contributed by atoms with E-state index in [4.69, 9.17) is 0 Å². The minimum atomic E-state index is -0.111. The maximum Gasteiger partial charge on any atom is 0.287 e. The molecule has 6 nitrogen and oxygen atoms in total. The highest BCUT2D eigenvalue weighted by atomic mass is 16.2. The van der Waals surface area contributed by atoms with Crippen molar-refractivity contribution in [2.24, 2.45) is 0 Å². The van der Waals surface area contributed by atoms with E-state index in [1.54, 1.807) is 0 Å². The van der Waals surface area contributed by atoms with Gasteiger partial charge in [-0.2, -0.15) is 0 Å². The van der Waals surface area contributed by atoms with Crippen molar-refractivity contribution in [1.82, 2.24) is 20.2 Å². The minimum Gasteiger partial charge on any atom is -0.348 e. The molecule has 2 aliphatic carbocycles. The molecule has 136 valence electrons. The van der Waals surface area contributed by atoms with Gasteiger partial charge in [-0.15, -0.1) is 0 Å². The fourth-order valence-electron chi connectivity index (χ4n) is 4.05. The third-order valence-electron chi connectivity index (χ3n) is 5.64. The van der Waals surface area contributed by atoms with Crippen LogP contribution in [0.15, 0.2) is 0 Å². The molecule has 1 aliphatic heterocycles. The van der Waals surface area contributed by atoms with Gasteiger partial charge in [0.1, 0.15) is 5.69 Å². The Balaban J connectivity index is 1.54. The molecule has 4 rings (SSSR count). The van der Waals surface area contributed by atoms with Crippen molar-refractivity contribution >= 4 is 11.8 Å². The predicted octanol–water partition coefficient (Wildman–Crippen LogP) is 2.56.